The number of carboxylic acid groups (broad SMARTS) is 1. The lowest BCUT2D eigenvalue weighted by Crippen LogP contribution is -2.46. The van der Waals surface area contributed by atoms with Gasteiger partial charge in [-0.15, -0.1) is 0 Å². The molecule has 3 fully saturated rings. The van der Waals surface area contributed by atoms with Gasteiger partial charge in [-0.3, -0.25) is 4.79 Å². The lowest BCUT2D eigenvalue weighted by atomic mass is 9.72. The molecule has 0 spiro atoms. The number of carboxylic acids is 1. The zero-order valence-electron chi connectivity index (χ0n) is 14.1. The van der Waals surface area contributed by atoms with E-state index < -0.39 is 17.2 Å². The summed E-state index contributed by atoms with van der Waals surface area (Å²) in [6, 6.07) is 1.42. The van der Waals surface area contributed by atoms with Crippen molar-refractivity contribution in [3.8, 4) is 0 Å². The maximum Gasteiger partial charge on any atom is 0.341 e. The first kappa shape index (κ1) is 15.7. The quantitative estimate of drug-likeness (QED) is 0.859. The minimum Gasteiger partial charge on any atom is -0.477 e. The second kappa shape index (κ2) is 5.26. The fourth-order valence-corrected chi connectivity index (χ4v) is 4.38. The molecule has 2 saturated carbocycles. The SMILES string of the molecule is NC1CC2CN(c3nc4c(cc3F)c(=O)c(C(=O)O)cn4C3CC3)CC12. The Morgan fingerprint density at radius 1 is 1.35 bits per heavy atom. The molecule has 26 heavy (non-hydrogen) atoms. The smallest absolute Gasteiger partial charge is 0.341 e. The molecule has 5 rings (SSSR count). The van der Waals surface area contributed by atoms with Crippen molar-refractivity contribution in [2.75, 3.05) is 18.0 Å². The highest BCUT2D eigenvalue weighted by molar-refractivity contribution is 5.92. The predicted molar refractivity (Wildman–Crippen MR) is 93.0 cm³/mol. The number of aromatic nitrogens is 2. The van der Waals surface area contributed by atoms with Gasteiger partial charge in [0.1, 0.15) is 11.2 Å². The third-order valence-electron chi connectivity index (χ3n) is 6.03. The number of nitrogens with two attached hydrogens (primary N) is 1. The first-order valence-electron chi connectivity index (χ1n) is 8.93. The summed E-state index contributed by atoms with van der Waals surface area (Å²) in [5, 5.41) is 9.32. The number of aromatic carboxylic acids is 1. The number of hydrogen-bond donors (Lipinski definition) is 2. The van der Waals surface area contributed by atoms with Gasteiger partial charge in [-0.2, -0.15) is 0 Å². The maximum atomic E-state index is 14.8. The summed E-state index contributed by atoms with van der Waals surface area (Å²) in [4.78, 5) is 30.2. The van der Waals surface area contributed by atoms with Crippen molar-refractivity contribution in [3.63, 3.8) is 0 Å². The molecule has 8 heteroatoms. The van der Waals surface area contributed by atoms with Gasteiger partial charge in [0.15, 0.2) is 11.6 Å². The molecule has 3 heterocycles. The highest BCUT2D eigenvalue weighted by atomic mass is 19.1. The van der Waals surface area contributed by atoms with E-state index >= 15 is 0 Å². The second-order valence-corrected chi connectivity index (χ2v) is 7.71. The normalized spacial score (nSPS) is 27.5. The average Bonchev–Trinajstić information content (AvgIpc) is 3.37. The van der Waals surface area contributed by atoms with Crippen LogP contribution in [0.1, 0.15) is 35.7 Å². The molecule has 1 saturated heterocycles. The zero-order chi connectivity index (χ0) is 18.2. The third-order valence-corrected chi connectivity index (χ3v) is 6.03. The Labute approximate surface area is 148 Å². The van der Waals surface area contributed by atoms with Crippen LogP contribution in [0.2, 0.25) is 0 Å². The maximum absolute atomic E-state index is 14.8. The van der Waals surface area contributed by atoms with Crippen LogP contribution in [-0.4, -0.2) is 39.8 Å². The Morgan fingerprint density at radius 2 is 2.12 bits per heavy atom. The van der Waals surface area contributed by atoms with E-state index in [2.05, 4.69) is 4.98 Å². The third kappa shape index (κ3) is 2.18. The summed E-state index contributed by atoms with van der Waals surface area (Å²) in [7, 11) is 0. The molecule has 3 N–H and O–H groups in total. The van der Waals surface area contributed by atoms with E-state index in [9.17, 15) is 19.1 Å². The van der Waals surface area contributed by atoms with Gasteiger partial charge in [-0.1, -0.05) is 0 Å². The highest BCUT2D eigenvalue weighted by Gasteiger charge is 2.46. The molecule has 136 valence electrons. The van der Waals surface area contributed by atoms with Gasteiger partial charge >= 0.3 is 5.97 Å². The highest BCUT2D eigenvalue weighted by Crippen LogP contribution is 2.42. The van der Waals surface area contributed by atoms with Gasteiger partial charge in [0.2, 0.25) is 5.43 Å². The summed E-state index contributed by atoms with van der Waals surface area (Å²) in [6.07, 6.45) is 4.09. The molecule has 2 aromatic rings. The summed E-state index contributed by atoms with van der Waals surface area (Å²) in [5.41, 5.74) is 5.36. The Hall–Kier alpha value is -2.48. The minimum atomic E-state index is -1.30. The van der Waals surface area contributed by atoms with Crippen molar-refractivity contribution in [2.45, 2.75) is 31.3 Å². The molecule has 0 bridgehead atoms. The Balaban J connectivity index is 1.67. The summed E-state index contributed by atoms with van der Waals surface area (Å²) in [5.74, 6) is -0.819. The van der Waals surface area contributed by atoms with Crippen molar-refractivity contribution in [1.29, 1.82) is 0 Å². The van der Waals surface area contributed by atoms with Crippen LogP contribution in [0.25, 0.3) is 11.0 Å². The van der Waals surface area contributed by atoms with Crippen LogP contribution in [0.3, 0.4) is 0 Å². The van der Waals surface area contributed by atoms with Crippen molar-refractivity contribution in [3.05, 3.63) is 33.9 Å². The number of fused-ring (bicyclic) bond motifs is 2. The first-order valence-corrected chi connectivity index (χ1v) is 8.93. The standard InChI is InChI=1S/C18H19FN4O3/c19-13-4-10-15(24)12(18(25)26)7-23(9-1-2-9)16(10)21-17(13)22-5-8-3-14(20)11(8)6-22/h4,7-9,11,14H,1-3,5-6,20H2,(H,25,26). The van der Waals surface area contributed by atoms with Crippen molar-refractivity contribution < 1.29 is 14.3 Å². The summed E-state index contributed by atoms with van der Waals surface area (Å²) in [6.45, 7) is 1.39. The lowest BCUT2D eigenvalue weighted by Gasteiger charge is -2.36. The first-order chi connectivity index (χ1) is 12.4. The van der Waals surface area contributed by atoms with E-state index in [0.29, 0.717) is 30.6 Å². The average molecular weight is 358 g/mol. The number of anilines is 1. The molecule has 3 aliphatic rings. The molecule has 0 amide bonds. The van der Waals surface area contributed by atoms with Gasteiger partial charge in [0.25, 0.3) is 0 Å². The van der Waals surface area contributed by atoms with E-state index in [0.717, 1.165) is 25.3 Å². The molecule has 3 atom stereocenters. The van der Waals surface area contributed by atoms with Crippen LogP contribution in [0.15, 0.2) is 17.1 Å². The van der Waals surface area contributed by atoms with Crippen LogP contribution >= 0.6 is 0 Å². The summed E-state index contributed by atoms with van der Waals surface area (Å²) >= 11 is 0. The van der Waals surface area contributed by atoms with E-state index in [1.54, 1.807) is 4.57 Å². The minimum absolute atomic E-state index is 0.0249. The molecule has 0 radical (unpaired) electrons. The summed E-state index contributed by atoms with van der Waals surface area (Å²) < 4.78 is 16.5. The molecular weight excluding hydrogens is 339 g/mol. The van der Waals surface area contributed by atoms with Crippen LogP contribution in [-0.2, 0) is 0 Å². The molecule has 7 nitrogen and oxygen atoms in total. The second-order valence-electron chi connectivity index (χ2n) is 7.71. The molecular formula is C18H19FN4O3. The number of carbonyl (C=O) groups is 1. The van der Waals surface area contributed by atoms with Crippen LogP contribution in [0.4, 0.5) is 10.2 Å². The van der Waals surface area contributed by atoms with Crippen molar-refractivity contribution in [1.82, 2.24) is 9.55 Å². The van der Waals surface area contributed by atoms with E-state index in [4.69, 9.17) is 5.73 Å². The number of hydrogen-bond acceptors (Lipinski definition) is 5. The Morgan fingerprint density at radius 3 is 2.73 bits per heavy atom. The van der Waals surface area contributed by atoms with Crippen LogP contribution in [0.5, 0.6) is 0 Å². The number of pyridine rings is 2. The fraction of sp³-hybridized carbons (Fsp3) is 0.500. The number of rotatable bonds is 3. The van der Waals surface area contributed by atoms with Crippen molar-refractivity contribution >= 4 is 22.8 Å². The zero-order valence-corrected chi connectivity index (χ0v) is 14.1. The predicted octanol–water partition coefficient (Wildman–Crippen LogP) is 1.35. The van der Waals surface area contributed by atoms with Crippen LogP contribution in [0, 0.1) is 17.7 Å². The largest absolute Gasteiger partial charge is 0.477 e. The number of halogens is 1. The van der Waals surface area contributed by atoms with Gasteiger partial charge in [0, 0.05) is 31.4 Å². The van der Waals surface area contributed by atoms with Gasteiger partial charge in [0.05, 0.1) is 5.39 Å². The monoisotopic (exact) mass is 358 g/mol. The molecule has 1 aliphatic heterocycles. The Bertz CT molecular complexity index is 1000. The van der Waals surface area contributed by atoms with E-state index in [1.807, 2.05) is 4.90 Å². The number of nitrogens with zero attached hydrogens (tertiary/aromatic N) is 3. The molecule has 2 aromatic heterocycles. The Kier molecular flexibility index (Phi) is 3.19. The van der Waals surface area contributed by atoms with Crippen molar-refractivity contribution in [2.24, 2.45) is 17.6 Å². The molecule has 2 aliphatic carbocycles. The lowest BCUT2D eigenvalue weighted by molar-refractivity contribution is 0.0695. The van der Waals surface area contributed by atoms with Gasteiger partial charge < -0.3 is 20.3 Å². The molecule has 3 unspecified atom stereocenters. The fourth-order valence-electron chi connectivity index (χ4n) is 4.38. The van der Waals surface area contributed by atoms with Gasteiger partial charge in [-0.05, 0) is 37.2 Å². The van der Waals surface area contributed by atoms with Crippen LogP contribution < -0.4 is 16.1 Å². The van der Waals surface area contributed by atoms with E-state index in [-0.39, 0.29) is 28.9 Å². The van der Waals surface area contributed by atoms with Gasteiger partial charge in [-0.25, -0.2) is 14.2 Å². The van der Waals surface area contributed by atoms with E-state index in [1.165, 1.54) is 6.20 Å². The topological polar surface area (TPSA) is 101 Å². The molecule has 0 aromatic carbocycles.